The lowest BCUT2D eigenvalue weighted by molar-refractivity contribution is -0.150. The number of ketones is 1. The molecule has 11 nitrogen and oxygen atoms in total. The zero-order valence-corrected chi connectivity index (χ0v) is 40.5. The Hall–Kier alpha value is -2.69. The van der Waals surface area contributed by atoms with Gasteiger partial charge in [0, 0.05) is 31.7 Å². The SMILES string of the molecule is CCCCCCCCC(CCCCCCC)C(=O)OCCCCC(=O)C[C@H](COC(=O)CCCCOC(=O)C(CCCCCCC)CCCCCCCC)COC(=O)OCCN. The summed E-state index contributed by atoms with van der Waals surface area (Å²) in [6.07, 6.45) is 31.2. The number of hydrogen-bond donors (Lipinski definition) is 1. The topological polar surface area (TPSA) is 158 Å². The number of nitrogens with two attached hydrogens (primary N) is 1. The van der Waals surface area contributed by atoms with Gasteiger partial charge >= 0.3 is 24.1 Å². The lowest BCUT2D eigenvalue weighted by Gasteiger charge is -2.17. The van der Waals surface area contributed by atoms with Crippen LogP contribution in [0, 0.1) is 17.8 Å². The van der Waals surface area contributed by atoms with Crippen molar-refractivity contribution in [1.82, 2.24) is 0 Å². The molecule has 364 valence electrons. The van der Waals surface area contributed by atoms with E-state index in [0.717, 1.165) is 77.0 Å². The Bertz CT molecular complexity index is 1080. The molecule has 0 saturated carbocycles. The van der Waals surface area contributed by atoms with E-state index in [0.29, 0.717) is 25.7 Å². The number of rotatable bonds is 46. The molecule has 0 aliphatic rings. The number of unbranched alkanes of at least 4 members (excludes halogenated alkanes) is 20. The molecular weight excluding hydrogens is 787 g/mol. The van der Waals surface area contributed by atoms with Crippen molar-refractivity contribution in [3.05, 3.63) is 0 Å². The molecule has 0 radical (unpaired) electrons. The molecule has 0 spiro atoms. The molecule has 0 saturated heterocycles. The fourth-order valence-corrected chi connectivity index (χ4v) is 7.71. The van der Waals surface area contributed by atoms with Gasteiger partial charge in [-0.3, -0.25) is 19.2 Å². The number of esters is 3. The standard InChI is InChI=1S/C51H95NO10/c1-5-9-13-17-21-25-33-45(31-23-19-15-11-7-3)49(55)58-38-29-27-35-47(53)41-44(43-62-51(57)60-40-37-52)42-61-48(54)36-28-30-39-59-50(56)46(32-24-20-16-12-8-4)34-26-22-18-14-10-6-2/h44-46H,5-43,52H2,1-4H3/t44-,45?,46?/m1/s1. The maximum Gasteiger partial charge on any atom is 0.508 e. The third-order valence-corrected chi connectivity index (χ3v) is 11.7. The van der Waals surface area contributed by atoms with Gasteiger partial charge in [0.15, 0.2) is 0 Å². The molecule has 2 N–H and O–H groups in total. The van der Waals surface area contributed by atoms with Crippen LogP contribution in [0.4, 0.5) is 4.79 Å². The summed E-state index contributed by atoms with van der Waals surface area (Å²) in [6, 6.07) is 0. The van der Waals surface area contributed by atoms with Gasteiger partial charge in [0.05, 0.1) is 31.7 Å². The maximum absolute atomic E-state index is 13.1. The van der Waals surface area contributed by atoms with Gasteiger partial charge in [0.1, 0.15) is 19.0 Å². The minimum Gasteiger partial charge on any atom is -0.465 e. The van der Waals surface area contributed by atoms with Gasteiger partial charge in [0.25, 0.3) is 0 Å². The highest BCUT2D eigenvalue weighted by atomic mass is 16.7. The molecule has 0 fully saturated rings. The summed E-state index contributed by atoms with van der Waals surface area (Å²) in [5.74, 6) is -1.38. The first-order valence-corrected chi connectivity index (χ1v) is 25.7. The number of carbonyl (C=O) groups excluding carboxylic acids is 5. The van der Waals surface area contributed by atoms with E-state index in [-0.39, 0.29) is 88.4 Å². The number of carbonyl (C=O) groups is 5. The second kappa shape index (κ2) is 44.9. The van der Waals surface area contributed by atoms with Crippen LogP contribution < -0.4 is 5.73 Å². The highest BCUT2D eigenvalue weighted by molar-refractivity contribution is 5.78. The molecular formula is C51H95NO10. The maximum atomic E-state index is 13.1. The minimum atomic E-state index is -0.892. The van der Waals surface area contributed by atoms with Crippen LogP contribution in [-0.4, -0.2) is 69.4 Å². The quantitative estimate of drug-likeness (QED) is 0.0352. The highest BCUT2D eigenvalue weighted by Gasteiger charge is 2.22. The summed E-state index contributed by atoms with van der Waals surface area (Å²) in [6.45, 7) is 9.32. The first-order chi connectivity index (χ1) is 30.2. The molecule has 0 aliphatic carbocycles. The largest absolute Gasteiger partial charge is 0.508 e. The van der Waals surface area contributed by atoms with Gasteiger partial charge in [-0.2, -0.15) is 0 Å². The zero-order chi connectivity index (χ0) is 45.7. The van der Waals surface area contributed by atoms with E-state index in [1.807, 2.05) is 0 Å². The summed E-state index contributed by atoms with van der Waals surface area (Å²) in [5, 5.41) is 0. The van der Waals surface area contributed by atoms with Crippen molar-refractivity contribution in [3.63, 3.8) is 0 Å². The zero-order valence-electron chi connectivity index (χ0n) is 40.5. The molecule has 0 amide bonds. The molecule has 0 bridgehead atoms. The Morgan fingerprint density at radius 2 is 0.790 bits per heavy atom. The molecule has 0 rings (SSSR count). The van der Waals surface area contributed by atoms with Gasteiger partial charge in [-0.15, -0.1) is 0 Å². The predicted octanol–water partition coefficient (Wildman–Crippen LogP) is 13.1. The molecule has 3 atom stereocenters. The van der Waals surface area contributed by atoms with E-state index in [4.69, 9.17) is 29.4 Å². The molecule has 0 aromatic carbocycles. The van der Waals surface area contributed by atoms with Crippen molar-refractivity contribution in [3.8, 4) is 0 Å². The van der Waals surface area contributed by atoms with Crippen molar-refractivity contribution in [2.24, 2.45) is 23.5 Å². The average molecular weight is 882 g/mol. The van der Waals surface area contributed by atoms with E-state index in [9.17, 15) is 24.0 Å². The van der Waals surface area contributed by atoms with Gasteiger partial charge in [-0.05, 0) is 51.4 Å². The van der Waals surface area contributed by atoms with E-state index in [1.165, 1.54) is 89.9 Å². The van der Waals surface area contributed by atoms with Gasteiger partial charge in [-0.1, -0.05) is 169 Å². The van der Waals surface area contributed by atoms with Gasteiger partial charge < -0.3 is 29.4 Å². The summed E-state index contributed by atoms with van der Waals surface area (Å²) in [7, 11) is 0. The molecule has 2 unspecified atom stereocenters. The molecule has 0 aromatic heterocycles. The second-order valence-electron chi connectivity index (χ2n) is 17.7. The van der Waals surface area contributed by atoms with Crippen molar-refractivity contribution >= 4 is 29.8 Å². The Morgan fingerprint density at radius 1 is 0.403 bits per heavy atom. The molecule has 0 aromatic rings. The van der Waals surface area contributed by atoms with Gasteiger partial charge in [0.2, 0.25) is 0 Å². The van der Waals surface area contributed by atoms with E-state index in [2.05, 4.69) is 27.7 Å². The smallest absolute Gasteiger partial charge is 0.465 e. The number of hydrogen-bond acceptors (Lipinski definition) is 11. The fraction of sp³-hybridized carbons (Fsp3) is 0.902. The Labute approximate surface area is 379 Å². The summed E-state index contributed by atoms with van der Waals surface area (Å²) in [5.41, 5.74) is 5.42. The van der Waals surface area contributed by atoms with Crippen LogP contribution in [0.1, 0.15) is 240 Å². The highest BCUT2D eigenvalue weighted by Crippen LogP contribution is 2.23. The van der Waals surface area contributed by atoms with Crippen molar-refractivity contribution in [2.75, 3.05) is 39.6 Å². The summed E-state index contributed by atoms with van der Waals surface area (Å²) >= 11 is 0. The Kier molecular flexibility index (Phi) is 43.0. The normalized spacial score (nSPS) is 12.7. The summed E-state index contributed by atoms with van der Waals surface area (Å²) in [4.78, 5) is 63.8. The van der Waals surface area contributed by atoms with Crippen LogP contribution in [0.3, 0.4) is 0 Å². The molecule has 0 aliphatic heterocycles. The van der Waals surface area contributed by atoms with Gasteiger partial charge in [-0.25, -0.2) is 4.79 Å². The van der Waals surface area contributed by atoms with Crippen LogP contribution in [0.25, 0.3) is 0 Å². The van der Waals surface area contributed by atoms with Crippen molar-refractivity contribution < 1.29 is 47.7 Å². The van der Waals surface area contributed by atoms with Crippen LogP contribution in [-0.2, 0) is 42.9 Å². The number of ether oxygens (including phenoxy) is 5. The van der Waals surface area contributed by atoms with E-state index < -0.39 is 18.0 Å². The minimum absolute atomic E-state index is 0.00881. The van der Waals surface area contributed by atoms with E-state index >= 15 is 0 Å². The first kappa shape index (κ1) is 59.3. The first-order valence-electron chi connectivity index (χ1n) is 25.7. The third kappa shape index (κ3) is 37.8. The number of Topliss-reactive ketones (excluding diaryl/α,β-unsaturated/α-hetero) is 1. The van der Waals surface area contributed by atoms with Crippen LogP contribution >= 0.6 is 0 Å². The van der Waals surface area contributed by atoms with Crippen molar-refractivity contribution in [1.29, 1.82) is 0 Å². The van der Waals surface area contributed by atoms with E-state index in [1.54, 1.807) is 0 Å². The average Bonchev–Trinajstić information content (AvgIpc) is 3.26. The molecule has 11 heteroatoms. The Morgan fingerprint density at radius 3 is 1.21 bits per heavy atom. The fourth-order valence-electron chi connectivity index (χ4n) is 7.71. The van der Waals surface area contributed by atoms with Crippen LogP contribution in [0.2, 0.25) is 0 Å². The Balaban J connectivity index is 4.83. The molecule has 62 heavy (non-hydrogen) atoms. The third-order valence-electron chi connectivity index (χ3n) is 11.7. The molecule has 0 heterocycles. The second-order valence-corrected chi connectivity index (χ2v) is 17.7. The van der Waals surface area contributed by atoms with Crippen LogP contribution in [0.15, 0.2) is 0 Å². The lowest BCUT2D eigenvalue weighted by Crippen LogP contribution is -2.24. The van der Waals surface area contributed by atoms with Crippen molar-refractivity contribution in [2.45, 2.75) is 240 Å². The summed E-state index contributed by atoms with van der Waals surface area (Å²) < 4.78 is 27.0. The van der Waals surface area contributed by atoms with Crippen LogP contribution in [0.5, 0.6) is 0 Å². The lowest BCUT2D eigenvalue weighted by atomic mass is 9.94. The monoisotopic (exact) mass is 882 g/mol. The predicted molar refractivity (Wildman–Crippen MR) is 250 cm³/mol.